The minimum absolute atomic E-state index is 0.0993. The van der Waals surface area contributed by atoms with Crippen LogP contribution in [0.3, 0.4) is 0 Å². The number of amides is 1. The molecule has 0 radical (unpaired) electrons. The molecule has 0 saturated carbocycles. The van der Waals surface area contributed by atoms with E-state index in [-0.39, 0.29) is 24.7 Å². The Bertz CT molecular complexity index is 483. The molecule has 2 unspecified atom stereocenters. The molecule has 7 heteroatoms. The molecule has 1 aliphatic heterocycles. The molecule has 0 aromatic carbocycles. The van der Waals surface area contributed by atoms with Crippen molar-refractivity contribution in [3.8, 4) is 0 Å². The van der Waals surface area contributed by atoms with Gasteiger partial charge in [-0.2, -0.15) is 0 Å². The van der Waals surface area contributed by atoms with Crippen LogP contribution in [0.4, 0.5) is 5.82 Å². The number of morpholine rings is 1. The molecule has 1 amide bonds. The summed E-state index contributed by atoms with van der Waals surface area (Å²) in [6, 6.07) is 0. The molecule has 2 rings (SSSR count). The van der Waals surface area contributed by atoms with Crippen molar-refractivity contribution < 1.29 is 14.6 Å². The van der Waals surface area contributed by atoms with Crippen LogP contribution in [0.1, 0.15) is 30.8 Å². The second-order valence-electron chi connectivity index (χ2n) is 5.18. The fourth-order valence-electron chi connectivity index (χ4n) is 2.28. The van der Waals surface area contributed by atoms with Gasteiger partial charge in [-0.15, -0.1) is 0 Å². The van der Waals surface area contributed by atoms with Gasteiger partial charge in [0.1, 0.15) is 11.5 Å². The maximum Gasteiger partial charge on any atom is 0.274 e. The number of aromatic nitrogens is 2. The van der Waals surface area contributed by atoms with Crippen molar-refractivity contribution in [3.05, 3.63) is 18.1 Å². The Hall–Kier alpha value is -1.73. The number of nitrogens with one attached hydrogen (secondary N) is 1. The zero-order chi connectivity index (χ0) is 15.2. The van der Waals surface area contributed by atoms with Gasteiger partial charge in [-0.1, -0.05) is 6.92 Å². The summed E-state index contributed by atoms with van der Waals surface area (Å²) < 4.78 is 5.54. The highest BCUT2D eigenvalue weighted by Crippen LogP contribution is 2.14. The second kappa shape index (κ2) is 7.33. The number of aliphatic hydroxyl groups excluding tert-OH is 1. The molecular formula is C14H22N4O3. The van der Waals surface area contributed by atoms with Gasteiger partial charge in [0, 0.05) is 19.6 Å². The molecule has 2 atom stereocenters. The van der Waals surface area contributed by atoms with Crippen molar-refractivity contribution in [2.24, 2.45) is 0 Å². The van der Waals surface area contributed by atoms with Crippen molar-refractivity contribution >= 4 is 11.7 Å². The number of rotatable bonds is 5. The molecule has 0 aliphatic carbocycles. The molecule has 1 aliphatic rings. The third-order valence-corrected chi connectivity index (χ3v) is 3.23. The maximum atomic E-state index is 12.5. The number of hydrogen-bond acceptors (Lipinski definition) is 6. The molecule has 0 spiro atoms. The van der Waals surface area contributed by atoms with Crippen LogP contribution in [0, 0.1) is 0 Å². The predicted octanol–water partition coefficient (Wildman–Crippen LogP) is 0.520. The number of nitrogens with zero attached hydrogens (tertiary/aromatic N) is 3. The van der Waals surface area contributed by atoms with Crippen LogP contribution in [-0.4, -0.2) is 64.3 Å². The molecule has 0 bridgehead atoms. The highest BCUT2D eigenvalue weighted by atomic mass is 16.5. The molecule has 1 fully saturated rings. The van der Waals surface area contributed by atoms with Gasteiger partial charge in [0.2, 0.25) is 0 Å². The summed E-state index contributed by atoms with van der Waals surface area (Å²) in [5.41, 5.74) is 0.307. The van der Waals surface area contributed by atoms with Crippen LogP contribution in [0.2, 0.25) is 0 Å². The van der Waals surface area contributed by atoms with E-state index in [0.29, 0.717) is 24.6 Å². The molecule has 21 heavy (non-hydrogen) atoms. The highest BCUT2D eigenvalue weighted by molar-refractivity contribution is 5.92. The molecule has 2 N–H and O–H groups in total. The zero-order valence-electron chi connectivity index (χ0n) is 12.5. The molecule has 1 aromatic heterocycles. The topological polar surface area (TPSA) is 87.6 Å². The van der Waals surface area contributed by atoms with E-state index in [1.165, 1.54) is 6.20 Å². The van der Waals surface area contributed by atoms with Gasteiger partial charge < -0.3 is 20.1 Å². The number of carbonyl (C=O) groups excluding carboxylic acids is 1. The van der Waals surface area contributed by atoms with E-state index in [1.54, 1.807) is 11.1 Å². The van der Waals surface area contributed by atoms with Gasteiger partial charge in [0.15, 0.2) is 0 Å². The number of anilines is 1. The Morgan fingerprint density at radius 3 is 3.05 bits per heavy atom. The summed E-state index contributed by atoms with van der Waals surface area (Å²) >= 11 is 0. The quantitative estimate of drug-likeness (QED) is 0.823. The fraction of sp³-hybridized carbons (Fsp3) is 0.643. The lowest BCUT2D eigenvalue weighted by atomic mass is 10.2. The van der Waals surface area contributed by atoms with Crippen LogP contribution in [0.25, 0.3) is 0 Å². The van der Waals surface area contributed by atoms with Gasteiger partial charge in [0.25, 0.3) is 5.91 Å². The third-order valence-electron chi connectivity index (χ3n) is 3.23. The number of ether oxygens (including phenoxy) is 1. The first-order chi connectivity index (χ1) is 10.1. The first-order valence-corrected chi connectivity index (χ1v) is 7.25. The van der Waals surface area contributed by atoms with Crippen molar-refractivity contribution in [1.29, 1.82) is 0 Å². The van der Waals surface area contributed by atoms with E-state index in [1.807, 2.05) is 6.92 Å². The molecule has 7 nitrogen and oxygen atoms in total. The molecule has 2 heterocycles. The Morgan fingerprint density at radius 2 is 2.33 bits per heavy atom. The Labute approximate surface area is 124 Å². The van der Waals surface area contributed by atoms with Gasteiger partial charge in [-0.05, 0) is 13.3 Å². The number of carbonyl (C=O) groups is 1. The third kappa shape index (κ3) is 4.12. The lowest BCUT2D eigenvalue weighted by Crippen LogP contribution is -2.50. The minimum atomic E-state index is -0.341. The summed E-state index contributed by atoms with van der Waals surface area (Å²) in [5.74, 6) is 0.416. The first-order valence-electron chi connectivity index (χ1n) is 7.25. The van der Waals surface area contributed by atoms with E-state index in [2.05, 4.69) is 22.2 Å². The summed E-state index contributed by atoms with van der Waals surface area (Å²) in [5, 5.41) is 12.3. The number of hydrogen-bond donors (Lipinski definition) is 2. The van der Waals surface area contributed by atoms with Gasteiger partial charge in [-0.25, -0.2) is 4.98 Å². The van der Waals surface area contributed by atoms with Crippen LogP contribution in [-0.2, 0) is 4.74 Å². The van der Waals surface area contributed by atoms with Crippen LogP contribution in [0.5, 0.6) is 0 Å². The Morgan fingerprint density at radius 1 is 1.52 bits per heavy atom. The molecule has 1 aromatic rings. The SMILES string of the molecule is CCCNc1cncc(C(=O)N2CC(C)OC(CO)C2)n1. The summed E-state index contributed by atoms with van der Waals surface area (Å²) in [4.78, 5) is 22.5. The molecule has 1 saturated heterocycles. The van der Waals surface area contributed by atoms with Crippen molar-refractivity contribution in [1.82, 2.24) is 14.9 Å². The van der Waals surface area contributed by atoms with Gasteiger partial charge in [-0.3, -0.25) is 9.78 Å². The Kier molecular flexibility index (Phi) is 5.46. The summed E-state index contributed by atoms with van der Waals surface area (Å²) in [7, 11) is 0. The normalized spacial score (nSPS) is 22.1. The van der Waals surface area contributed by atoms with E-state index < -0.39 is 0 Å². The lowest BCUT2D eigenvalue weighted by Gasteiger charge is -2.35. The average Bonchev–Trinajstić information content (AvgIpc) is 2.51. The van der Waals surface area contributed by atoms with Crippen LogP contribution in [0.15, 0.2) is 12.4 Å². The number of aliphatic hydroxyl groups is 1. The van der Waals surface area contributed by atoms with Crippen molar-refractivity contribution in [2.45, 2.75) is 32.5 Å². The second-order valence-corrected chi connectivity index (χ2v) is 5.18. The smallest absolute Gasteiger partial charge is 0.274 e. The zero-order valence-corrected chi connectivity index (χ0v) is 12.5. The average molecular weight is 294 g/mol. The predicted molar refractivity (Wildman–Crippen MR) is 78.1 cm³/mol. The highest BCUT2D eigenvalue weighted by Gasteiger charge is 2.29. The van der Waals surface area contributed by atoms with Crippen molar-refractivity contribution in [3.63, 3.8) is 0 Å². The lowest BCUT2D eigenvalue weighted by molar-refractivity contribution is -0.0859. The van der Waals surface area contributed by atoms with E-state index in [9.17, 15) is 9.90 Å². The summed E-state index contributed by atoms with van der Waals surface area (Å²) in [6.07, 6.45) is 3.60. The largest absolute Gasteiger partial charge is 0.394 e. The monoisotopic (exact) mass is 294 g/mol. The van der Waals surface area contributed by atoms with E-state index >= 15 is 0 Å². The molecular weight excluding hydrogens is 272 g/mol. The van der Waals surface area contributed by atoms with Gasteiger partial charge >= 0.3 is 0 Å². The van der Waals surface area contributed by atoms with Crippen LogP contribution < -0.4 is 5.32 Å². The standard InChI is InChI=1S/C14H22N4O3/c1-3-4-16-13-6-15-5-12(17-13)14(20)18-7-10(2)21-11(8-18)9-19/h5-6,10-11,19H,3-4,7-9H2,1-2H3,(H,16,17). The maximum absolute atomic E-state index is 12.5. The van der Waals surface area contributed by atoms with Crippen LogP contribution >= 0.6 is 0 Å². The Balaban J connectivity index is 2.08. The fourth-order valence-corrected chi connectivity index (χ4v) is 2.28. The van der Waals surface area contributed by atoms with E-state index in [0.717, 1.165) is 13.0 Å². The minimum Gasteiger partial charge on any atom is -0.394 e. The van der Waals surface area contributed by atoms with Crippen molar-refractivity contribution in [2.75, 3.05) is 31.6 Å². The van der Waals surface area contributed by atoms with Gasteiger partial charge in [0.05, 0.1) is 31.2 Å². The van der Waals surface area contributed by atoms with E-state index in [4.69, 9.17) is 4.74 Å². The summed E-state index contributed by atoms with van der Waals surface area (Å²) in [6.45, 7) is 5.48. The molecule has 116 valence electrons. The first kappa shape index (κ1) is 15.7.